The first-order valence-electron chi connectivity index (χ1n) is 39.2. The smallest absolute Gasteiger partial charge is 0.326 e. The number of phenolic OH excluding ortho intramolecular Hbond substituents is 1. The van der Waals surface area contributed by atoms with E-state index >= 15 is 0 Å². The Bertz CT molecular complexity index is 3910. The maximum absolute atomic E-state index is 14.6. The Hall–Kier alpha value is -11.8. The number of benzene rings is 1. The molecule has 666 valence electrons. The maximum atomic E-state index is 14.6. The van der Waals surface area contributed by atoms with E-state index in [2.05, 4.69) is 89.1 Å². The van der Waals surface area contributed by atoms with Gasteiger partial charge in [0.2, 0.25) is 94.5 Å². The average molecular weight is 1700 g/mol. The fraction of sp³-hybridized carbons (Fsp3) is 0.608. The summed E-state index contributed by atoms with van der Waals surface area (Å²) in [5, 5.41) is 93.4. The molecule has 31 N–H and O–H groups in total. The number of carboxylic acids is 1. The SMILES string of the molecule is CC(C)C[C@H](NC(=O)[C@H](CO)NC(=O)[C@H](CCCCN)NC(=O)[C@H](CCC(N)=O)NC(=O)[C@@H](NC(=O)[C@H](Cc1ccc(O)cc1)NC(=O)[C@H](Cc1c[nH]cn1)NC(=O)[C@H](CC(N)=O)NC(=O)[C@@H](N)Cc1c[nH]cn1)[C@@H](C)O)C(=O)N[C@@H](CO)C(=O)N[C@@H](CC(C)C)C(=O)N[C@@H](CO)C(=O)N1CCC[C@H]1C(=O)NCC(=O)N[C@@H](CCCCN)C(=O)O. The zero-order chi connectivity index (χ0) is 89.5. The number of rotatable bonds is 55. The predicted octanol–water partition coefficient (Wildman–Crippen LogP) is -9.95. The first-order valence-corrected chi connectivity index (χ1v) is 39.2. The summed E-state index contributed by atoms with van der Waals surface area (Å²) in [6, 6.07) is -17.6. The minimum absolute atomic E-state index is 0.0139. The monoisotopic (exact) mass is 1700 g/mol. The summed E-state index contributed by atoms with van der Waals surface area (Å²) >= 11 is 0. The predicted molar refractivity (Wildman–Crippen MR) is 423 cm³/mol. The first kappa shape index (κ1) is 101. The third-order valence-corrected chi connectivity index (χ3v) is 18.9. The van der Waals surface area contributed by atoms with Crippen LogP contribution in [-0.2, 0) is 101 Å². The van der Waals surface area contributed by atoms with Gasteiger partial charge in [0.25, 0.3) is 0 Å². The van der Waals surface area contributed by atoms with E-state index < -0.39 is 256 Å². The van der Waals surface area contributed by atoms with Crippen molar-refractivity contribution in [3.63, 3.8) is 0 Å². The van der Waals surface area contributed by atoms with E-state index in [1.165, 1.54) is 49.3 Å². The lowest BCUT2D eigenvalue weighted by molar-refractivity contribution is -0.143. The van der Waals surface area contributed by atoms with Crippen LogP contribution in [0.2, 0.25) is 0 Å². The highest BCUT2D eigenvalue weighted by molar-refractivity contribution is 6.01. The van der Waals surface area contributed by atoms with Gasteiger partial charge < -0.3 is 143 Å². The van der Waals surface area contributed by atoms with E-state index in [0.29, 0.717) is 31.5 Å². The number of likely N-dealkylation sites (tertiary alicyclic amines) is 1. The highest BCUT2D eigenvalue weighted by Crippen LogP contribution is 2.20. The van der Waals surface area contributed by atoms with Crippen LogP contribution in [-0.4, -0.2) is 293 Å². The van der Waals surface area contributed by atoms with Gasteiger partial charge in [0.15, 0.2) is 0 Å². The Labute approximate surface area is 690 Å². The number of aromatic nitrogens is 4. The number of carboxylic acid groups (broad SMARTS) is 1. The third kappa shape index (κ3) is 34.6. The maximum Gasteiger partial charge on any atom is 0.326 e. The van der Waals surface area contributed by atoms with Crippen molar-refractivity contribution in [1.29, 1.82) is 0 Å². The number of aliphatic hydroxyl groups excluding tert-OH is 4. The molecule has 2 aromatic heterocycles. The van der Waals surface area contributed by atoms with Crippen molar-refractivity contribution in [2.75, 3.05) is 46.0 Å². The molecule has 0 bridgehead atoms. The standard InChI is InChI=1S/C74H117N23O23/c1-37(2)23-48(64(109)94-54(33-99)70(115)90-49(24-38(3)4)65(110)95-55(34-100)73(118)97-22-10-13-56(97)71(116)82-31-59(105)85-47(74(119)120)12-7-9-21-76)89-69(114)53(32-98)93-62(107)45(11-6-8-20-75)86-63(108)46(18-19-57(78)103)87-72(117)60(39(5)101)96-68(113)50(25-40-14-16-43(102)17-15-40)91-66(111)51(27-42-30-81-36-84-42)92-67(112)52(28-58(79)104)88-61(106)44(77)26-41-29-80-35-83-41/h14-17,29-30,35-39,44-56,60,98-102H,6-13,18-28,31-34,75-77H2,1-5H3,(H2,78,103)(H2,79,104)(H,80,83)(H,81,84)(H,82,116)(H,85,105)(H,86,108)(H,87,117)(H,88,106)(H,89,114)(H,90,115)(H,91,111)(H,92,112)(H,93,107)(H,94,109)(H,95,110)(H,96,113)(H,119,120)/t39-,44+,45+,46+,47+,48+,49+,50+,51+,52+,53+,54+,55+,56+,60+/m1/s1. The topological polar surface area (TPSA) is 759 Å². The molecule has 15 atom stereocenters. The number of unbranched alkanes of at least 4 members (excludes halogenated alkanes) is 2. The normalized spacial score (nSPS) is 16.0. The van der Waals surface area contributed by atoms with Crippen LogP contribution in [0.1, 0.15) is 135 Å². The van der Waals surface area contributed by atoms with E-state index in [-0.39, 0.29) is 87.4 Å². The highest BCUT2D eigenvalue weighted by Gasteiger charge is 2.42. The van der Waals surface area contributed by atoms with Crippen molar-refractivity contribution in [1.82, 2.24) is 94.0 Å². The van der Waals surface area contributed by atoms with Crippen LogP contribution < -0.4 is 97.8 Å². The molecule has 3 aromatic rings. The van der Waals surface area contributed by atoms with Crippen LogP contribution in [0, 0.1) is 11.8 Å². The molecule has 46 heteroatoms. The van der Waals surface area contributed by atoms with Crippen LogP contribution >= 0.6 is 0 Å². The number of hydrogen-bond donors (Lipinski definition) is 26. The molecule has 0 aliphatic carbocycles. The molecule has 3 heterocycles. The number of nitrogens with two attached hydrogens (primary N) is 5. The zero-order valence-corrected chi connectivity index (χ0v) is 67.5. The number of aliphatic hydroxyl groups is 4. The van der Waals surface area contributed by atoms with Gasteiger partial charge in [-0.3, -0.25) is 76.7 Å². The Morgan fingerprint density at radius 3 is 1.39 bits per heavy atom. The first-order chi connectivity index (χ1) is 56.8. The van der Waals surface area contributed by atoms with Gasteiger partial charge in [-0.15, -0.1) is 0 Å². The van der Waals surface area contributed by atoms with Crippen molar-refractivity contribution in [2.45, 2.75) is 228 Å². The number of phenols is 1. The largest absolute Gasteiger partial charge is 0.508 e. The molecule has 1 fully saturated rings. The summed E-state index contributed by atoms with van der Waals surface area (Å²) in [6.07, 6.45) is 1.92. The summed E-state index contributed by atoms with van der Waals surface area (Å²) < 4.78 is 0. The molecule has 4 rings (SSSR count). The lowest BCUT2D eigenvalue weighted by atomic mass is 10.0. The molecule has 16 amide bonds. The second-order valence-electron chi connectivity index (χ2n) is 29.8. The number of carbonyl (C=O) groups excluding carboxylic acids is 16. The molecular weight excluding hydrogens is 1580 g/mol. The fourth-order valence-corrected chi connectivity index (χ4v) is 12.5. The summed E-state index contributed by atoms with van der Waals surface area (Å²) in [5.41, 5.74) is 29.1. The molecule has 0 unspecified atom stereocenters. The van der Waals surface area contributed by atoms with Gasteiger partial charge in [-0.2, -0.15) is 0 Å². The van der Waals surface area contributed by atoms with Crippen LogP contribution in [0.15, 0.2) is 49.3 Å². The number of aromatic amines is 2. The van der Waals surface area contributed by atoms with Gasteiger partial charge in [0, 0.05) is 44.6 Å². The minimum atomic E-state index is -2.02. The molecule has 1 aliphatic rings. The molecular formula is C74H117N23O23. The number of nitrogens with one attached hydrogen (secondary N) is 15. The molecule has 0 spiro atoms. The highest BCUT2D eigenvalue weighted by atomic mass is 16.4. The van der Waals surface area contributed by atoms with E-state index in [1.54, 1.807) is 27.7 Å². The average Bonchev–Trinajstić information content (AvgIpc) is 1.66. The van der Waals surface area contributed by atoms with Crippen LogP contribution in [0.5, 0.6) is 5.75 Å². The van der Waals surface area contributed by atoms with E-state index in [0.717, 1.165) is 11.8 Å². The van der Waals surface area contributed by atoms with Crippen molar-refractivity contribution in [3.8, 4) is 5.75 Å². The van der Waals surface area contributed by atoms with Gasteiger partial charge in [0.1, 0.15) is 84.3 Å². The molecule has 0 saturated carbocycles. The van der Waals surface area contributed by atoms with E-state index in [4.69, 9.17) is 28.7 Å². The molecule has 120 heavy (non-hydrogen) atoms. The second-order valence-corrected chi connectivity index (χ2v) is 29.8. The molecule has 1 saturated heterocycles. The Kier molecular flexibility index (Phi) is 43.1. The number of carbonyl (C=O) groups is 17. The second kappa shape index (κ2) is 51.5. The molecule has 1 aromatic carbocycles. The van der Waals surface area contributed by atoms with Crippen molar-refractivity contribution >= 4 is 100 Å². The van der Waals surface area contributed by atoms with E-state index in [9.17, 15) is 112 Å². The number of aliphatic carboxylic acids is 1. The zero-order valence-electron chi connectivity index (χ0n) is 67.5. The Morgan fingerprint density at radius 2 is 0.917 bits per heavy atom. The summed E-state index contributed by atoms with van der Waals surface area (Å²) in [5.74, 6) is -19.2. The number of H-pyrrole nitrogens is 2. The van der Waals surface area contributed by atoms with Crippen molar-refractivity contribution in [2.24, 2.45) is 40.5 Å². The summed E-state index contributed by atoms with van der Waals surface area (Å²) in [6.45, 7) is 4.17. The Balaban J connectivity index is 1.51. The van der Waals surface area contributed by atoms with Crippen LogP contribution in [0.3, 0.4) is 0 Å². The number of amides is 16. The lowest BCUT2D eigenvalue weighted by Crippen LogP contribution is -2.62. The van der Waals surface area contributed by atoms with E-state index in [1.807, 2.05) is 0 Å². The fourth-order valence-electron chi connectivity index (χ4n) is 12.5. The lowest BCUT2D eigenvalue weighted by Gasteiger charge is -2.30. The van der Waals surface area contributed by atoms with Gasteiger partial charge in [-0.05, 0) is 120 Å². The van der Waals surface area contributed by atoms with Gasteiger partial charge in [-0.1, -0.05) is 39.8 Å². The Morgan fingerprint density at radius 1 is 0.492 bits per heavy atom. The van der Waals surface area contributed by atoms with Gasteiger partial charge in [0.05, 0.1) is 69.0 Å². The van der Waals surface area contributed by atoms with Crippen LogP contribution in [0.25, 0.3) is 0 Å². The molecule has 46 nitrogen and oxygen atoms in total. The molecule has 0 radical (unpaired) electrons. The number of hydrogen-bond acceptors (Lipinski definition) is 27. The van der Waals surface area contributed by atoms with Gasteiger partial charge in [-0.25, -0.2) is 14.8 Å². The van der Waals surface area contributed by atoms with Crippen LogP contribution in [0.4, 0.5) is 0 Å². The van der Waals surface area contributed by atoms with Crippen molar-refractivity contribution in [3.05, 3.63) is 66.3 Å². The quantitative estimate of drug-likeness (QED) is 0.0233. The number of aromatic hydroxyl groups is 1. The number of nitrogens with zero attached hydrogens (tertiary/aromatic N) is 3. The minimum Gasteiger partial charge on any atom is -0.508 e. The summed E-state index contributed by atoms with van der Waals surface area (Å²) in [7, 11) is 0. The summed E-state index contributed by atoms with van der Waals surface area (Å²) in [4.78, 5) is 247. The number of primary amides is 2. The third-order valence-electron chi connectivity index (χ3n) is 18.9. The number of imidazole rings is 2. The van der Waals surface area contributed by atoms with Crippen molar-refractivity contribution < 1.29 is 112 Å². The van der Waals surface area contributed by atoms with Gasteiger partial charge >= 0.3 is 5.97 Å². The molecule has 1 aliphatic heterocycles.